The zero-order valence-corrected chi connectivity index (χ0v) is 7.85. The molecule has 0 aliphatic carbocycles. The van der Waals surface area contributed by atoms with Gasteiger partial charge >= 0.3 is 0 Å². The summed E-state index contributed by atoms with van der Waals surface area (Å²) < 4.78 is -0.157. The highest BCUT2D eigenvalue weighted by atomic mass is 127. The molecule has 0 aliphatic heterocycles. The van der Waals surface area contributed by atoms with Gasteiger partial charge in [-0.3, -0.25) is 0 Å². The zero-order chi connectivity index (χ0) is 5.91. The molecule has 0 saturated heterocycles. The van der Waals surface area contributed by atoms with Crippen LogP contribution in [0.2, 0.25) is 0 Å². The molecule has 0 amide bonds. The third-order valence-electron chi connectivity index (χ3n) is 0.378. The molecule has 0 atom stereocenters. The Morgan fingerprint density at radius 2 is 1.71 bits per heavy atom. The molecular weight excluding hydrogens is 269 g/mol. The predicted octanol–water partition coefficient (Wildman–Crippen LogP) is 3.18. The van der Waals surface area contributed by atoms with Gasteiger partial charge in [-0.05, 0) is 0 Å². The van der Waals surface area contributed by atoms with Gasteiger partial charge in [0, 0.05) is 10.8 Å². The van der Waals surface area contributed by atoms with E-state index in [1.807, 2.05) is 0 Å². The van der Waals surface area contributed by atoms with Crippen molar-refractivity contribution in [3.63, 3.8) is 0 Å². The number of rotatable bonds is 1. The summed E-state index contributed by atoms with van der Waals surface area (Å²) in [6.45, 7) is 0. The molecule has 0 aliphatic rings. The fourth-order valence-corrected chi connectivity index (χ4v) is 2.16. The average molecular weight is 273 g/mol. The van der Waals surface area contributed by atoms with Gasteiger partial charge in [0.15, 0.2) is 3.79 Å². The molecule has 0 spiro atoms. The highest BCUT2D eigenvalue weighted by molar-refractivity contribution is 14.1. The lowest BCUT2D eigenvalue weighted by Crippen LogP contribution is -2.00. The largest absolute Gasteiger partial charge is 0.191 e. The number of alkyl halides is 4. The minimum atomic E-state index is -1.04. The molecule has 0 nitrogen and oxygen atoms in total. The Bertz CT molecular complexity index is 48.6. The molecule has 0 aromatic heterocycles. The van der Waals surface area contributed by atoms with Crippen LogP contribution in [0.15, 0.2) is 0 Å². The maximum absolute atomic E-state index is 5.36. The van der Waals surface area contributed by atoms with Crippen molar-refractivity contribution in [1.29, 1.82) is 0 Å². The summed E-state index contributed by atoms with van der Waals surface area (Å²) in [4.78, 5) is 0. The van der Waals surface area contributed by atoms with Crippen LogP contribution in [0, 0.1) is 0 Å². The van der Waals surface area contributed by atoms with Gasteiger partial charge in [0.2, 0.25) is 0 Å². The molecule has 7 heavy (non-hydrogen) atoms. The fourth-order valence-electron chi connectivity index (χ4n) is 0.107. The standard InChI is InChI=1S/C3H4Cl3I/c4-3(5,6)1-2-7/h1-2H2. The minimum absolute atomic E-state index is 0.623. The van der Waals surface area contributed by atoms with Gasteiger partial charge in [-0.2, -0.15) is 0 Å². The van der Waals surface area contributed by atoms with Crippen LogP contribution in [-0.2, 0) is 0 Å². The molecule has 0 bridgehead atoms. The average Bonchev–Trinajstić information content (AvgIpc) is 1.30. The molecule has 0 fully saturated rings. The van der Waals surface area contributed by atoms with Crippen molar-refractivity contribution in [3.05, 3.63) is 0 Å². The second kappa shape index (κ2) is 3.59. The van der Waals surface area contributed by atoms with Crippen LogP contribution < -0.4 is 0 Å². The Kier molecular flexibility index (Phi) is 4.41. The van der Waals surface area contributed by atoms with Crippen molar-refractivity contribution in [2.75, 3.05) is 4.43 Å². The first-order valence-electron chi connectivity index (χ1n) is 1.69. The molecule has 0 saturated carbocycles. The van der Waals surface area contributed by atoms with Crippen LogP contribution in [-0.4, -0.2) is 8.22 Å². The predicted molar refractivity (Wildman–Crippen MR) is 43.8 cm³/mol. The molecule has 4 heteroatoms. The Labute approximate surface area is 71.6 Å². The summed E-state index contributed by atoms with van der Waals surface area (Å²) in [5.41, 5.74) is 0. The van der Waals surface area contributed by atoms with Gasteiger partial charge in [-0.25, -0.2) is 0 Å². The van der Waals surface area contributed by atoms with E-state index in [4.69, 9.17) is 34.8 Å². The van der Waals surface area contributed by atoms with Gasteiger partial charge in [0.25, 0.3) is 0 Å². The van der Waals surface area contributed by atoms with Gasteiger partial charge in [0.05, 0.1) is 0 Å². The van der Waals surface area contributed by atoms with Crippen LogP contribution >= 0.6 is 57.4 Å². The van der Waals surface area contributed by atoms with Crippen LogP contribution in [0.5, 0.6) is 0 Å². The highest BCUT2D eigenvalue weighted by Crippen LogP contribution is 2.30. The van der Waals surface area contributed by atoms with Gasteiger partial charge in [0.1, 0.15) is 0 Å². The van der Waals surface area contributed by atoms with E-state index in [1.54, 1.807) is 0 Å². The maximum Gasteiger partial charge on any atom is 0.191 e. The maximum atomic E-state index is 5.36. The second-order valence-electron chi connectivity index (χ2n) is 1.05. The third-order valence-corrected chi connectivity index (χ3v) is 1.48. The fraction of sp³-hybridized carbons (Fsp3) is 1.00. The summed E-state index contributed by atoms with van der Waals surface area (Å²) in [5, 5.41) is 0. The van der Waals surface area contributed by atoms with Crippen LogP contribution in [0.1, 0.15) is 6.42 Å². The summed E-state index contributed by atoms with van der Waals surface area (Å²) in [5.74, 6) is 0. The second-order valence-corrected chi connectivity index (χ2v) is 4.65. The molecule has 0 radical (unpaired) electrons. The van der Waals surface area contributed by atoms with E-state index in [0.717, 1.165) is 4.43 Å². The molecule has 0 rings (SSSR count). The summed E-state index contributed by atoms with van der Waals surface area (Å²) in [7, 11) is 0. The molecule has 0 aromatic rings. The smallest absolute Gasteiger partial charge is 0.0862 e. The molecule has 0 aromatic carbocycles. The van der Waals surface area contributed by atoms with E-state index in [2.05, 4.69) is 22.6 Å². The zero-order valence-electron chi connectivity index (χ0n) is 3.43. The van der Waals surface area contributed by atoms with Crippen LogP contribution in [0.3, 0.4) is 0 Å². The molecule has 0 unspecified atom stereocenters. The Morgan fingerprint density at radius 1 is 1.29 bits per heavy atom. The van der Waals surface area contributed by atoms with Crippen LogP contribution in [0.25, 0.3) is 0 Å². The summed E-state index contributed by atoms with van der Waals surface area (Å²) in [6, 6.07) is 0. The first-order chi connectivity index (χ1) is 3.06. The monoisotopic (exact) mass is 272 g/mol. The molecule has 0 N–H and O–H groups in total. The van der Waals surface area contributed by atoms with Gasteiger partial charge in [-0.15, -0.1) is 0 Å². The molecule has 0 heterocycles. The Hall–Kier alpha value is 1.60. The summed E-state index contributed by atoms with van der Waals surface area (Å²) >= 11 is 18.2. The van der Waals surface area contributed by atoms with E-state index < -0.39 is 3.79 Å². The lowest BCUT2D eigenvalue weighted by atomic mass is 10.6. The Balaban J connectivity index is 3.15. The van der Waals surface area contributed by atoms with Gasteiger partial charge in [-0.1, -0.05) is 57.4 Å². The van der Waals surface area contributed by atoms with Gasteiger partial charge < -0.3 is 0 Å². The van der Waals surface area contributed by atoms with Crippen LogP contribution in [0.4, 0.5) is 0 Å². The van der Waals surface area contributed by atoms with E-state index in [1.165, 1.54) is 0 Å². The number of hydrogen-bond donors (Lipinski definition) is 0. The SMILES string of the molecule is ClC(Cl)(Cl)CCI. The van der Waals surface area contributed by atoms with E-state index in [0.29, 0.717) is 6.42 Å². The normalized spacial score (nSPS) is 12.0. The van der Waals surface area contributed by atoms with Crippen molar-refractivity contribution in [1.82, 2.24) is 0 Å². The first-order valence-corrected chi connectivity index (χ1v) is 4.35. The van der Waals surface area contributed by atoms with Crippen molar-refractivity contribution in [3.8, 4) is 0 Å². The van der Waals surface area contributed by atoms with Crippen molar-refractivity contribution >= 4 is 57.4 Å². The lowest BCUT2D eigenvalue weighted by molar-refractivity contribution is 1.00. The lowest BCUT2D eigenvalue weighted by Gasteiger charge is -2.05. The van der Waals surface area contributed by atoms with E-state index >= 15 is 0 Å². The Morgan fingerprint density at radius 3 is 1.71 bits per heavy atom. The quantitative estimate of drug-likeness (QED) is 0.508. The minimum Gasteiger partial charge on any atom is -0.0862 e. The first kappa shape index (κ1) is 8.60. The van der Waals surface area contributed by atoms with E-state index in [9.17, 15) is 0 Å². The highest BCUT2D eigenvalue weighted by Gasteiger charge is 2.16. The van der Waals surface area contributed by atoms with E-state index in [-0.39, 0.29) is 0 Å². The number of hydrogen-bond acceptors (Lipinski definition) is 0. The van der Waals surface area contributed by atoms with Crippen molar-refractivity contribution in [2.45, 2.75) is 10.2 Å². The number of halogens is 4. The molecule has 44 valence electrons. The molecular formula is C3H4Cl3I. The summed E-state index contributed by atoms with van der Waals surface area (Å²) in [6.07, 6.45) is 0.623. The third kappa shape index (κ3) is 7.60. The van der Waals surface area contributed by atoms with Crippen molar-refractivity contribution < 1.29 is 0 Å². The van der Waals surface area contributed by atoms with Crippen molar-refractivity contribution in [2.24, 2.45) is 0 Å². The topological polar surface area (TPSA) is 0 Å².